The van der Waals surface area contributed by atoms with Crippen molar-refractivity contribution in [2.45, 2.75) is 41.0 Å². The van der Waals surface area contributed by atoms with Gasteiger partial charge in [-0.15, -0.1) is 11.3 Å². The summed E-state index contributed by atoms with van der Waals surface area (Å²) in [4.78, 5) is 16.9. The summed E-state index contributed by atoms with van der Waals surface area (Å²) in [6.45, 7) is 9.91. The van der Waals surface area contributed by atoms with Gasteiger partial charge in [-0.25, -0.2) is 4.98 Å². The van der Waals surface area contributed by atoms with E-state index in [1.165, 1.54) is 28.0 Å². The van der Waals surface area contributed by atoms with Gasteiger partial charge in [0.05, 0.1) is 17.8 Å². The van der Waals surface area contributed by atoms with Gasteiger partial charge in [0.2, 0.25) is 5.91 Å². The van der Waals surface area contributed by atoms with Crippen molar-refractivity contribution in [2.24, 2.45) is 0 Å². The maximum atomic E-state index is 12.3. The normalized spacial score (nSPS) is 10.9. The minimum atomic E-state index is -0.118. The van der Waals surface area contributed by atoms with Crippen LogP contribution in [0.1, 0.15) is 33.7 Å². The summed E-state index contributed by atoms with van der Waals surface area (Å²) in [5.41, 5.74) is 7.23. The maximum absolute atomic E-state index is 12.3. The number of carbonyl (C=O) groups excluding carboxylic acids is 1. The topological polar surface area (TPSA) is 68.0 Å². The number of thiazole rings is 1. The molecule has 0 unspecified atom stereocenters. The van der Waals surface area contributed by atoms with Crippen LogP contribution in [-0.2, 0) is 11.2 Å². The fourth-order valence-electron chi connectivity index (χ4n) is 3.11. The summed E-state index contributed by atoms with van der Waals surface area (Å²) in [5, 5.41) is 9.34. The number of nitrogens with one attached hydrogen (secondary N) is 1. The Bertz CT molecular complexity index is 898. The minimum Gasteiger partial charge on any atom is -0.361 e. The molecule has 0 aliphatic carbocycles. The van der Waals surface area contributed by atoms with Crippen molar-refractivity contribution < 1.29 is 9.32 Å². The van der Waals surface area contributed by atoms with Crippen LogP contribution in [-0.4, -0.2) is 16.0 Å². The Kier molecular flexibility index (Phi) is 4.72. The van der Waals surface area contributed by atoms with Crippen molar-refractivity contribution in [1.82, 2.24) is 10.1 Å². The van der Waals surface area contributed by atoms with E-state index in [9.17, 15) is 4.79 Å². The molecule has 25 heavy (non-hydrogen) atoms. The summed E-state index contributed by atoms with van der Waals surface area (Å²) in [6.07, 6.45) is 0.235. The first-order valence-electron chi connectivity index (χ1n) is 8.10. The Labute approximate surface area is 151 Å². The smallest absolute Gasteiger partial charge is 0.230 e. The SMILES string of the molecule is Cc1cc(C)c(-c2csc(NC(=O)Cc3c(C)noc3C)n2)c(C)c1. The molecule has 3 rings (SSSR count). The number of aromatic nitrogens is 2. The molecule has 1 aromatic carbocycles. The lowest BCUT2D eigenvalue weighted by Gasteiger charge is -2.08. The highest BCUT2D eigenvalue weighted by molar-refractivity contribution is 7.14. The zero-order valence-corrected chi connectivity index (χ0v) is 15.9. The lowest BCUT2D eigenvalue weighted by molar-refractivity contribution is -0.115. The highest BCUT2D eigenvalue weighted by Crippen LogP contribution is 2.31. The molecular formula is C19H21N3O2S. The van der Waals surface area contributed by atoms with Gasteiger partial charge in [0.1, 0.15) is 5.76 Å². The van der Waals surface area contributed by atoms with E-state index in [0.29, 0.717) is 10.9 Å². The lowest BCUT2D eigenvalue weighted by Crippen LogP contribution is -2.15. The van der Waals surface area contributed by atoms with E-state index in [4.69, 9.17) is 4.52 Å². The Morgan fingerprint density at radius 3 is 2.44 bits per heavy atom. The van der Waals surface area contributed by atoms with Gasteiger partial charge in [0, 0.05) is 16.5 Å². The first-order valence-corrected chi connectivity index (χ1v) is 8.98. The molecule has 0 radical (unpaired) electrons. The van der Waals surface area contributed by atoms with Crippen molar-refractivity contribution in [3.05, 3.63) is 51.2 Å². The van der Waals surface area contributed by atoms with E-state index in [2.05, 4.69) is 48.4 Å². The van der Waals surface area contributed by atoms with Crippen molar-refractivity contribution in [2.75, 3.05) is 5.32 Å². The highest BCUT2D eigenvalue weighted by atomic mass is 32.1. The van der Waals surface area contributed by atoms with Crippen LogP contribution in [0.25, 0.3) is 11.3 Å². The number of rotatable bonds is 4. The lowest BCUT2D eigenvalue weighted by atomic mass is 9.98. The molecule has 0 bridgehead atoms. The van der Waals surface area contributed by atoms with Crippen LogP contribution >= 0.6 is 11.3 Å². The molecule has 0 aliphatic rings. The predicted molar refractivity (Wildman–Crippen MR) is 100 cm³/mol. The average molecular weight is 355 g/mol. The number of amides is 1. The standard InChI is InChI=1S/C19H21N3O2S/c1-10-6-11(2)18(12(3)7-10)16-9-25-19(20-16)21-17(23)8-15-13(4)22-24-14(15)5/h6-7,9H,8H2,1-5H3,(H,20,21,23). The largest absolute Gasteiger partial charge is 0.361 e. The van der Waals surface area contributed by atoms with Crippen molar-refractivity contribution >= 4 is 22.4 Å². The summed E-state index contributed by atoms with van der Waals surface area (Å²) >= 11 is 1.43. The van der Waals surface area contributed by atoms with Gasteiger partial charge in [-0.3, -0.25) is 4.79 Å². The first-order chi connectivity index (χ1) is 11.8. The van der Waals surface area contributed by atoms with Gasteiger partial charge in [-0.2, -0.15) is 0 Å². The molecule has 1 N–H and O–H groups in total. The quantitative estimate of drug-likeness (QED) is 0.747. The van der Waals surface area contributed by atoms with Crippen LogP contribution in [0.4, 0.5) is 5.13 Å². The molecule has 0 atom stereocenters. The number of nitrogens with zero attached hydrogens (tertiary/aromatic N) is 2. The van der Waals surface area contributed by atoms with E-state index in [0.717, 1.165) is 22.5 Å². The van der Waals surface area contributed by atoms with E-state index < -0.39 is 0 Å². The molecule has 0 fully saturated rings. The maximum Gasteiger partial charge on any atom is 0.230 e. The van der Waals surface area contributed by atoms with Gasteiger partial charge in [0.15, 0.2) is 5.13 Å². The van der Waals surface area contributed by atoms with Crippen LogP contribution in [0.15, 0.2) is 22.0 Å². The molecule has 0 saturated carbocycles. The number of anilines is 1. The Morgan fingerprint density at radius 2 is 1.84 bits per heavy atom. The minimum absolute atomic E-state index is 0.118. The predicted octanol–water partition coefficient (Wildman–Crippen LogP) is 4.52. The Hall–Kier alpha value is -2.47. The molecule has 0 aliphatic heterocycles. The van der Waals surface area contributed by atoms with Gasteiger partial charge in [0.25, 0.3) is 0 Å². The summed E-state index contributed by atoms with van der Waals surface area (Å²) in [6, 6.07) is 4.30. The molecule has 6 heteroatoms. The third-order valence-corrected chi connectivity index (χ3v) is 4.96. The Morgan fingerprint density at radius 1 is 1.16 bits per heavy atom. The highest BCUT2D eigenvalue weighted by Gasteiger charge is 2.16. The molecule has 130 valence electrons. The average Bonchev–Trinajstić information content (AvgIpc) is 3.08. The Balaban J connectivity index is 1.77. The first kappa shape index (κ1) is 17.4. The molecule has 3 aromatic rings. The molecule has 2 aromatic heterocycles. The van der Waals surface area contributed by atoms with Crippen LogP contribution in [0.5, 0.6) is 0 Å². The third kappa shape index (κ3) is 3.64. The van der Waals surface area contributed by atoms with Crippen molar-refractivity contribution in [3.8, 4) is 11.3 Å². The second kappa shape index (κ2) is 6.80. The fourth-order valence-corrected chi connectivity index (χ4v) is 3.83. The van der Waals surface area contributed by atoms with Gasteiger partial charge in [-0.05, 0) is 45.7 Å². The van der Waals surface area contributed by atoms with Gasteiger partial charge in [-0.1, -0.05) is 22.9 Å². The van der Waals surface area contributed by atoms with Gasteiger partial charge >= 0.3 is 0 Å². The van der Waals surface area contributed by atoms with E-state index in [1.807, 2.05) is 19.2 Å². The van der Waals surface area contributed by atoms with Crippen molar-refractivity contribution in [1.29, 1.82) is 0 Å². The fraction of sp³-hybridized carbons (Fsp3) is 0.316. The van der Waals surface area contributed by atoms with E-state index in [1.54, 1.807) is 0 Å². The van der Waals surface area contributed by atoms with Gasteiger partial charge < -0.3 is 9.84 Å². The van der Waals surface area contributed by atoms with Crippen molar-refractivity contribution in [3.63, 3.8) is 0 Å². The molecule has 2 heterocycles. The van der Waals surface area contributed by atoms with Crippen LogP contribution in [0.2, 0.25) is 0 Å². The zero-order valence-electron chi connectivity index (χ0n) is 15.1. The van der Waals surface area contributed by atoms with Crippen LogP contribution < -0.4 is 5.32 Å². The van der Waals surface area contributed by atoms with E-state index >= 15 is 0 Å². The third-order valence-electron chi connectivity index (χ3n) is 4.20. The van der Waals surface area contributed by atoms with Crippen LogP contribution in [0, 0.1) is 34.6 Å². The number of hydrogen-bond acceptors (Lipinski definition) is 5. The molecular weight excluding hydrogens is 334 g/mol. The molecule has 5 nitrogen and oxygen atoms in total. The number of carbonyl (C=O) groups is 1. The van der Waals surface area contributed by atoms with E-state index in [-0.39, 0.29) is 12.3 Å². The number of benzene rings is 1. The zero-order chi connectivity index (χ0) is 18.1. The second-order valence-electron chi connectivity index (χ2n) is 6.34. The molecule has 1 amide bonds. The summed E-state index contributed by atoms with van der Waals surface area (Å²) in [5.74, 6) is 0.561. The second-order valence-corrected chi connectivity index (χ2v) is 7.20. The number of hydrogen-bond donors (Lipinski definition) is 1. The van der Waals surface area contributed by atoms with Crippen LogP contribution in [0.3, 0.4) is 0 Å². The monoisotopic (exact) mass is 355 g/mol. The molecule has 0 spiro atoms. The molecule has 0 saturated heterocycles. The summed E-state index contributed by atoms with van der Waals surface area (Å²) in [7, 11) is 0. The number of aryl methyl sites for hydroxylation is 5. The summed E-state index contributed by atoms with van der Waals surface area (Å²) < 4.78 is 5.10.